The normalized spacial score (nSPS) is 15.2. The maximum Gasteiger partial charge on any atom is 0.341 e. The first-order valence-corrected chi connectivity index (χ1v) is 10.3. The van der Waals surface area contributed by atoms with Crippen molar-refractivity contribution < 1.29 is 19.4 Å². The summed E-state index contributed by atoms with van der Waals surface area (Å²) in [5.74, 6) is -0.0831. The summed E-state index contributed by atoms with van der Waals surface area (Å²) >= 11 is 2.23. The molecule has 7 heteroatoms. The summed E-state index contributed by atoms with van der Waals surface area (Å²) < 4.78 is 13.9. The van der Waals surface area contributed by atoms with Crippen LogP contribution in [-0.4, -0.2) is 36.0 Å². The molecule has 0 saturated carbocycles. The van der Waals surface area contributed by atoms with Gasteiger partial charge >= 0.3 is 5.97 Å². The standard InChI is InChI=1S/C21H24INO5/c1-12(2)17-7-13-8-20(28-6-4-5-27-3)16(22)9-14(13)18-10-19(24)15(21(25)26)11-23(17)18/h8-12,17H,4-7H2,1-3H3,(H,25,26). The fourth-order valence-corrected chi connectivity index (χ4v) is 4.20. The maximum absolute atomic E-state index is 12.3. The summed E-state index contributed by atoms with van der Waals surface area (Å²) in [4.78, 5) is 23.8. The minimum absolute atomic E-state index is 0.0719. The van der Waals surface area contributed by atoms with Crippen LogP contribution < -0.4 is 10.2 Å². The van der Waals surface area contributed by atoms with Crippen LogP contribution in [0.5, 0.6) is 5.75 Å². The van der Waals surface area contributed by atoms with Crippen molar-refractivity contribution in [2.75, 3.05) is 20.3 Å². The summed E-state index contributed by atoms with van der Waals surface area (Å²) in [5.41, 5.74) is 2.18. The second-order valence-corrected chi connectivity index (χ2v) is 8.46. The van der Waals surface area contributed by atoms with Crippen LogP contribution in [0.15, 0.2) is 29.2 Å². The van der Waals surface area contributed by atoms with Crippen LogP contribution in [0, 0.1) is 9.49 Å². The molecular formula is C21H24INO5. The van der Waals surface area contributed by atoms with Crippen molar-refractivity contribution in [2.45, 2.75) is 32.7 Å². The highest BCUT2D eigenvalue weighted by molar-refractivity contribution is 14.1. The molecule has 0 aliphatic carbocycles. The van der Waals surface area contributed by atoms with E-state index in [1.165, 1.54) is 12.3 Å². The van der Waals surface area contributed by atoms with E-state index in [-0.39, 0.29) is 17.5 Å². The number of fused-ring (bicyclic) bond motifs is 3. The molecular weight excluding hydrogens is 473 g/mol. The molecule has 1 N–H and O–H groups in total. The van der Waals surface area contributed by atoms with Gasteiger partial charge in [-0.3, -0.25) is 4.79 Å². The first kappa shape index (κ1) is 20.9. The summed E-state index contributed by atoms with van der Waals surface area (Å²) in [6.07, 6.45) is 3.07. The predicted molar refractivity (Wildman–Crippen MR) is 115 cm³/mol. The lowest BCUT2D eigenvalue weighted by Gasteiger charge is -2.33. The number of carboxylic acids is 1. The third-order valence-corrected chi connectivity index (χ3v) is 5.89. The fraction of sp³-hybridized carbons (Fsp3) is 0.429. The number of benzene rings is 1. The molecule has 150 valence electrons. The van der Waals surface area contributed by atoms with E-state index >= 15 is 0 Å². The number of aromatic nitrogens is 1. The minimum atomic E-state index is -1.19. The SMILES string of the molecule is COCCCOc1cc2c(cc1I)-c1cc(=O)c(C(=O)O)cn1C(C(C)C)C2. The molecule has 0 radical (unpaired) electrons. The van der Waals surface area contributed by atoms with E-state index in [2.05, 4.69) is 42.5 Å². The van der Waals surface area contributed by atoms with Crippen LogP contribution in [0.25, 0.3) is 11.3 Å². The lowest BCUT2D eigenvalue weighted by Crippen LogP contribution is -2.28. The smallest absolute Gasteiger partial charge is 0.341 e. The monoisotopic (exact) mass is 497 g/mol. The Morgan fingerprint density at radius 1 is 1.32 bits per heavy atom. The number of methoxy groups -OCH3 is 1. The van der Waals surface area contributed by atoms with Gasteiger partial charge in [-0.25, -0.2) is 4.79 Å². The van der Waals surface area contributed by atoms with Crippen LogP contribution in [0.2, 0.25) is 0 Å². The summed E-state index contributed by atoms with van der Waals surface area (Å²) in [5, 5.41) is 9.35. The van der Waals surface area contributed by atoms with Gasteiger partial charge in [0.2, 0.25) is 0 Å². The van der Waals surface area contributed by atoms with Gasteiger partial charge in [0.05, 0.1) is 15.9 Å². The number of rotatable bonds is 7. The van der Waals surface area contributed by atoms with Gasteiger partial charge in [0.1, 0.15) is 11.3 Å². The molecule has 0 spiro atoms. The zero-order chi connectivity index (χ0) is 20.4. The molecule has 0 fully saturated rings. The van der Waals surface area contributed by atoms with Gasteiger partial charge in [-0.1, -0.05) is 13.8 Å². The molecule has 0 saturated heterocycles. The Bertz CT molecular complexity index is 951. The van der Waals surface area contributed by atoms with E-state index in [1.807, 2.05) is 10.6 Å². The number of halogens is 1. The van der Waals surface area contributed by atoms with E-state index in [4.69, 9.17) is 9.47 Å². The van der Waals surface area contributed by atoms with Crippen LogP contribution >= 0.6 is 22.6 Å². The molecule has 1 aromatic heterocycles. The van der Waals surface area contributed by atoms with E-state index < -0.39 is 11.4 Å². The highest BCUT2D eigenvalue weighted by atomic mass is 127. The van der Waals surface area contributed by atoms with Crippen LogP contribution in [-0.2, 0) is 11.2 Å². The third kappa shape index (κ3) is 4.10. The first-order valence-electron chi connectivity index (χ1n) is 9.27. The number of hydrogen-bond donors (Lipinski definition) is 1. The third-order valence-electron chi connectivity index (χ3n) is 5.05. The predicted octanol–water partition coefficient (Wildman–Crippen LogP) is 3.99. The largest absolute Gasteiger partial charge is 0.492 e. The van der Waals surface area contributed by atoms with Gasteiger partial charge in [-0.15, -0.1) is 0 Å². The first-order chi connectivity index (χ1) is 13.3. The molecule has 2 heterocycles. The molecule has 3 rings (SSSR count). The van der Waals surface area contributed by atoms with Gasteiger partial charge < -0.3 is 19.1 Å². The highest BCUT2D eigenvalue weighted by Gasteiger charge is 2.28. The van der Waals surface area contributed by atoms with Crippen molar-refractivity contribution >= 4 is 28.6 Å². The van der Waals surface area contributed by atoms with E-state index in [1.54, 1.807) is 7.11 Å². The summed E-state index contributed by atoms with van der Waals surface area (Å²) in [6, 6.07) is 5.59. The lowest BCUT2D eigenvalue weighted by atomic mass is 9.87. The molecule has 0 amide bonds. The van der Waals surface area contributed by atoms with Crippen molar-refractivity contribution in [1.29, 1.82) is 0 Å². The molecule has 1 unspecified atom stereocenters. The van der Waals surface area contributed by atoms with Crippen molar-refractivity contribution in [1.82, 2.24) is 4.57 Å². The molecule has 2 aromatic rings. The summed E-state index contributed by atoms with van der Waals surface area (Å²) in [7, 11) is 1.67. The number of aromatic carboxylic acids is 1. The highest BCUT2D eigenvalue weighted by Crippen LogP contribution is 2.40. The number of nitrogens with zero attached hydrogens (tertiary/aromatic N) is 1. The molecule has 1 aromatic carbocycles. The van der Waals surface area contributed by atoms with Gasteiger partial charge in [0.15, 0.2) is 5.43 Å². The van der Waals surface area contributed by atoms with Crippen molar-refractivity contribution in [2.24, 2.45) is 5.92 Å². The second-order valence-electron chi connectivity index (χ2n) is 7.30. The van der Waals surface area contributed by atoms with Gasteiger partial charge in [0, 0.05) is 44.0 Å². The molecule has 1 aliphatic rings. The number of hydrogen-bond acceptors (Lipinski definition) is 4. The van der Waals surface area contributed by atoms with Crippen LogP contribution in [0.4, 0.5) is 0 Å². The van der Waals surface area contributed by atoms with Gasteiger partial charge in [0.25, 0.3) is 0 Å². The Kier molecular flexibility index (Phi) is 6.44. The quantitative estimate of drug-likeness (QED) is 0.463. The van der Waals surface area contributed by atoms with Gasteiger partial charge in [-0.05, 0) is 52.6 Å². The second kappa shape index (κ2) is 8.65. The molecule has 1 aliphatic heterocycles. The van der Waals surface area contributed by atoms with Crippen molar-refractivity contribution in [3.8, 4) is 17.0 Å². The Morgan fingerprint density at radius 2 is 2.07 bits per heavy atom. The Hall–Kier alpha value is -1.87. The van der Waals surface area contributed by atoms with E-state index in [0.29, 0.717) is 13.2 Å². The average molecular weight is 497 g/mol. The van der Waals surface area contributed by atoms with Crippen molar-refractivity contribution in [3.05, 3.63) is 49.3 Å². The average Bonchev–Trinajstić information content (AvgIpc) is 2.64. The number of carboxylic acid groups (broad SMARTS) is 1. The fourth-order valence-electron chi connectivity index (χ4n) is 3.58. The number of ether oxygens (including phenoxy) is 2. The molecule has 0 bridgehead atoms. The summed E-state index contributed by atoms with van der Waals surface area (Å²) in [6.45, 7) is 5.44. The molecule has 1 atom stereocenters. The molecule has 28 heavy (non-hydrogen) atoms. The zero-order valence-electron chi connectivity index (χ0n) is 16.2. The topological polar surface area (TPSA) is 77.8 Å². The maximum atomic E-state index is 12.3. The Labute approximate surface area is 177 Å². The Morgan fingerprint density at radius 3 is 2.71 bits per heavy atom. The van der Waals surface area contributed by atoms with Crippen LogP contribution in [0.3, 0.4) is 0 Å². The Balaban J connectivity index is 2.07. The zero-order valence-corrected chi connectivity index (χ0v) is 18.4. The molecule has 6 nitrogen and oxygen atoms in total. The lowest BCUT2D eigenvalue weighted by molar-refractivity contribution is 0.0694. The number of pyridine rings is 1. The number of carbonyl (C=O) groups is 1. The van der Waals surface area contributed by atoms with E-state index in [9.17, 15) is 14.7 Å². The van der Waals surface area contributed by atoms with Gasteiger partial charge in [-0.2, -0.15) is 0 Å². The minimum Gasteiger partial charge on any atom is -0.492 e. The van der Waals surface area contributed by atoms with Crippen LogP contribution in [0.1, 0.15) is 42.2 Å². The van der Waals surface area contributed by atoms with Crippen molar-refractivity contribution in [3.63, 3.8) is 0 Å². The van der Waals surface area contributed by atoms with E-state index in [0.717, 1.165) is 39.0 Å².